The Kier molecular flexibility index (Phi) is 6.48. The molecule has 0 aliphatic carbocycles. The first-order valence-corrected chi connectivity index (χ1v) is 4.39. The minimum absolute atomic E-state index is 0.162. The van der Waals surface area contributed by atoms with Gasteiger partial charge < -0.3 is 21.4 Å². The van der Waals surface area contributed by atoms with Gasteiger partial charge in [0.15, 0.2) is 0 Å². The van der Waals surface area contributed by atoms with E-state index in [1.165, 1.54) is 0 Å². The van der Waals surface area contributed by atoms with Crippen LogP contribution in [-0.2, 0) is 0 Å². The van der Waals surface area contributed by atoms with Crippen LogP contribution < -0.4 is 11.1 Å². The van der Waals surface area contributed by atoms with Gasteiger partial charge in [0, 0.05) is 25.6 Å². The van der Waals surface area contributed by atoms with Gasteiger partial charge in [-0.15, -0.1) is 0 Å². The number of nitrogens with zero attached hydrogens (tertiary/aromatic N) is 1. The molecule has 5 N–H and O–H groups in total. The number of hydrogen-bond donors (Lipinski definition) is 4. The molecular formula is C8H19N3O2. The topological polar surface area (TPSA) is 90.9 Å². The van der Waals surface area contributed by atoms with E-state index in [0.717, 1.165) is 0 Å². The summed E-state index contributed by atoms with van der Waals surface area (Å²) >= 11 is 0. The predicted molar refractivity (Wildman–Crippen MR) is 52.0 cm³/mol. The highest BCUT2D eigenvalue weighted by molar-refractivity contribution is 5.83. The first-order valence-electron chi connectivity index (χ1n) is 4.39. The molecule has 0 aromatic rings. The van der Waals surface area contributed by atoms with E-state index in [1.807, 2.05) is 6.92 Å². The van der Waals surface area contributed by atoms with Gasteiger partial charge in [-0.3, -0.25) is 0 Å². The quantitative estimate of drug-likeness (QED) is 0.255. The van der Waals surface area contributed by atoms with Crippen molar-refractivity contribution < 1.29 is 10.3 Å². The number of hydrogen-bond acceptors (Lipinski definition) is 5. The van der Waals surface area contributed by atoms with Gasteiger partial charge in [0.25, 0.3) is 0 Å². The van der Waals surface area contributed by atoms with E-state index in [9.17, 15) is 0 Å². The highest BCUT2D eigenvalue weighted by Crippen LogP contribution is 1.95. The van der Waals surface area contributed by atoms with E-state index in [-0.39, 0.29) is 12.5 Å². The summed E-state index contributed by atoms with van der Waals surface area (Å²) < 4.78 is 0. The van der Waals surface area contributed by atoms with Crippen LogP contribution in [0, 0.1) is 5.92 Å². The van der Waals surface area contributed by atoms with Crippen molar-refractivity contribution in [2.24, 2.45) is 16.8 Å². The minimum Gasteiger partial charge on any atom is -0.411 e. The van der Waals surface area contributed by atoms with Crippen LogP contribution in [0.15, 0.2) is 5.16 Å². The van der Waals surface area contributed by atoms with Crippen LogP contribution in [0.4, 0.5) is 0 Å². The van der Waals surface area contributed by atoms with Crippen LogP contribution in [0.25, 0.3) is 0 Å². The van der Waals surface area contributed by atoms with Gasteiger partial charge in [-0.25, -0.2) is 0 Å². The molecular weight excluding hydrogens is 170 g/mol. The molecule has 5 heteroatoms. The van der Waals surface area contributed by atoms with Gasteiger partial charge >= 0.3 is 0 Å². The molecule has 2 atom stereocenters. The second-order valence-corrected chi connectivity index (χ2v) is 3.19. The SMILES string of the molecule is CC(=NO)C(C)CNCC(O)CN. The molecule has 0 heterocycles. The molecule has 0 amide bonds. The molecule has 0 aromatic heterocycles. The number of nitrogens with two attached hydrogens (primary N) is 1. The number of rotatable bonds is 6. The molecule has 0 spiro atoms. The zero-order valence-electron chi connectivity index (χ0n) is 8.20. The zero-order valence-corrected chi connectivity index (χ0v) is 8.20. The Hall–Kier alpha value is -0.650. The van der Waals surface area contributed by atoms with Crippen LogP contribution in [0.1, 0.15) is 13.8 Å². The molecule has 5 nitrogen and oxygen atoms in total. The van der Waals surface area contributed by atoms with Gasteiger partial charge in [0.05, 0.1) is 11.8 Å². The highest BCUT2D eigenvalue weighted by Gasteiger charge is 2.06. The van der Waals surface area contributed by atoms with Crippen molar-refractivity contribution in [3.05, 3.63) is 0 Å². The normalized spacial score (nSPS) is 17.1. The molecule has 0 aromatic carbocycles. The summed E-state index contributed by atoms with van der Waals surface area (Å²) in [6.45, 7) is 5.10. The van der Waals surface area contributed by atoms with Gasteiger partial charge in [-0.2, -0.15) is 0 Å². The third kappa shape index (κ3) is 5.57. The Labute approximate surface area is 78.6 Å². The number of oxime groups is 1. The van der Waals surface area contributed by atoms with Crippen LogP contribution in [0.5, 0.6) is 0 Å². The van der Waals surface area contributed by atoms with Crippen LogP contribution in [0.3, 0.4) is 0 Å². The summed E-state index contributed by atoms with van der Waals surface area (Å²) in [7, 11) is 0. The fraction of sp³-hybridized carbons (Fsp3) is 0.875. The number of nitrogens with one attached hydrogen (secondary N) is 1. The van der Waals surface area contributed by atoms with Crippen molar-refractivity contribution in [1.29, 1.82) is 0 Å². The standard InChI is InChI=1S/C8H19N3O2/c1-6(7(2)11-13)4-10-5-8(12)3-9/h6,8,10,12-13H,3-5,9H2,1-2H3. The van der Waals surface area contributed by atoms with Gasteiger partial charge in [0.2, 0.25) is 0 Å². The van der Waals surface area contributed by atoms with Crippen molar-refractivity contribution in [2.45, 2.75) is 20.0 Å². The van der Waals surface area contributed by atoms with Crippen molar-refractivity contribution in [1.82, 2.24) is 5.32 Å². The maximum Gasteiger partial charge on any atom is 0.0786 e. The second kappa shape index (κ2) is 6.82. The molecule has 0 aliphatic rings. The lowest BCUT2D eigenvalue weighted by molar-refractivity contribution is 0.179. The summed E-state index contributed by atoms with van der Waals surface area (Å²) in [5, 5.41) is 23.7. The summed E-state index contributed by atoms with van der Waals surface area (Å²) in [6.07, 6.45) is -0.501. The fourth-order valence-corrected chi connectivity index (χ4v) is 0.796. The van der Waals surface area contributed by atoms with Crippen molar-refractivity contribution in [2.75, 3.05) is 19.6 Å². The summed E-state index contributed by atoms with van der Waals surface area (Å²) in [5.74, 6) is 0.162. The third-order valence-corrected chi connectivity index (χ3v) is 1.97. The molecule has 0 saturated heterocycles. The highest BCUT2D eigenvalue weighted by atomic mass is 16.4. The van der Waals surface area contributed by atoms with Crippen molar-refractivity contribution >= 4 is 5.71 Å². The summed E-state index contributed by atoms with van der Waals surface area (Å²) in [6, 6.07) is 0. The van der Waals surface area contributed by atoms with E-state index < -0.39 is 6.10 Å². The van der Waals surface area contributed by atoms with E-state index in [4.69, 9.17) is 16.0 Å². The second-order valence-electron chi connectivity index (χ2n) is 3.19. The first kappa shape index (κ1) is 12.3. The molecule has 0 saturated carbocycles. The summed E-state index contributed by atoms with van der Waals surface area (Å²) in [4.78, 5) is 0. The minimum atomic E-state index is -0.501. The Morgan fingerprint density at radius 2 is 2.15 bits per heavy atom. The Morgan fingerprint density at radius 3 is 2.62 bits per heavy atom. The maximum absolute atomic E-state index is 9.10. The van der Waals surface area contributed by atoms with Gasteiger partial charge in [-0.1, -0.05) is 12.1 Å². The lowest BCUT2D eigenvalue weighted by Crippen LogP contribution is -2.35. The predicted octanol–water partition coefficient (Wildman–Crippen LogP) is -0.618. The molecule has 0 rings (SSSR count). The lowest BCUT2D eigenvalue weighted by Gasteiger charge is -2.13. The van der Waals surface area contributed by atoms with E-state index in [0.29, 0.717) is 18.8 Å². The van der Waals surface area contributed by atoms with Gasteiger partial charge in [-0.05, 0) is 6.92 Å². The molecule has 2 unspecified atom stereocenters. The molecule has 13 heavy (non-hydrogen) atoms. The number of aliphatic hydroxyl groups is 1. The fourth-order valence-electron chi connectivity index (χ4n) is 0.796. The molecule has 0 aliphatic heterocycles. The third-order valence-electron chi connectivity index (χ3n) is 1.97. The first-order chi connectivity index (χ1) is 6.11. The van der Waals surface area contributed by atoms with Crippen molar-refractivity contribution in [3.8, 4) is 0 Å². The number of aliphatic hydroxyl groups excluding tert-OH is 1. The zero-order chi connectivity index (χ0) is 10.3. The molecule has 0 fully saturated rings. The summed E-state index contributed by atoms with van der Waals surface area (Å²) in [5.41, 5.74) is 5.90. The monoisotopic (exact) mass is 189 g/mol. The maximum atomic E-state index is 9.10. The lowest BCUT2D eigenvalue weighted by atomic mass is 10.1. The molecule has 78 valence electrons. The van der Waals surface area contributed by atoms with Crippen LogP contribution in [-0.4, -0.2) is 41.8 Å². The van der Waals surface area contributed by atoms with Crippen LogP contribution in [0.2, 0.25) is 0 Å². The largest absolute Gasteiger partial charge is 0.411 e. The Morgan fingerprint density at radius 1 is 1.54 bits per heavy atom. The smallest absolute Gasteiger partial charge is 0.0786 e. The van der Waals surface area contributed by atoms with E-state index in [1.54, 1.807) is 6.92 Å². The van der Waals surface area contributed by atoms with Crippen LogP contribution >= 0.6 is 0 Å². The van der Waals surface area contributed by atoms with E-state index in [2.05, 4.69) is 10.5 Å². The molecule has 0 radical (unpaired) electrons. The van der Waals surface area contributed by atoms with E-state index >= 15 is 0 Å². The molecule has 0 bridgehead atoms. The van der Waals surface area contributed by atoms with Gasteiger partial charge in [0.1, 0.15) is 0 Å². The average molecular weight is 189 g/mol. The Balaban J connectivity index is 3.53. The Bertz CT molecular complexity index is 161. The van der Waals surface area contributed by atoms with Crippen molar-refractivity contribution in [3.63, 3.8) is 0 Å². The average Bonchev–Trinajstić information content (AvgIpc) is 2.15.